The van der Waals surface area contributed by atoms with Gasteiger partial charge in [0, 0.05) is 9.14 Å². The molecule has 0 atom stereocenters. The van der Waals surface area contributed by atoms with Crippen LogP contribution in [0.15, 0.2) is 12.2 Å². The normalized spacial score (nSPS) is 10.1. The Kier molecular flexibility index (Phi) is 6.39. The molecule has 0 heterocycles. The molecule has 0 aliphatic rings. The van der Waals surface area contributed by atoms with E-state index in [1.807, 2.05) is 0 Å². The van der Waals surface area contributed by atoms with Gasteiger partial charge in [-0.15, -0.1) is 0 Å². The van der Waals surface area contributed by atoms with Gasteiger partial charge in [-0.1, -0.05) is 6.58 Å². The fraction of sp³-hybridized carbons (Fsp3) is 0.0833. The third-order valence-electron chi connectivity index (χ3n) is 2.37. The maximum atomic E-state index is 11.7. The third kappa shape index (κ3) is 3.85. The lowest BCUT2D eigenvalue weighted by atomic mass is 10.1. The number of aromatic carboxylic acids is 2. The van der Waals surface area contributed by atoms with Crippen molar-refractivity contribution >= 4 is 91.3 Å². The van der Waals surface area contributed by atoms with E-state index < -0.39 is 17.8 Å². The zero-order valence-corrected chi connectivity index (χ0v) is 16.9. The number of carbonyl (C=O) groups excluding carboxylic acids is 1. The van der Waals surface area contributed by atoms with Crippen molar-refractivity contribution in [3.8, 4) is 0 Å². The van der Waals surface area contributed by atoms with E-state index in [0.717, 1.165) is 0 Å². The Morgan fingerprint density at radius 2 is 1.33 bits per heavy atom. The highest BCUT2D eigenvalue weighted by atomic mass is 127. The number of hydrogen-bond donors (Lipinski definition) is 3. The molecule has 6 nitrogen and oxygen atoms in total. The lowest BCUT2D eigenvalue weighted by Gasteiger charge is -2.16. The monoisotopic (exact) mass is 627 g/mol. The van der Waals surface area contributed by atoms with Gasteiger partial charge in [-0.2, -0.15) is 0 Å². The van der Waals surface area contributed by atoms with Gasteiger partial charge in [-0.3, -0.25) is 4.79 Å². The first-order valence-electron chi connectivity index (χ1n) is 5.23. The summed E-state index contributed by atoms with van der Waals surface area (Å²) in [5.74, 6) is -3.01. The van der Waals surface area contributed by atoms with Crippen LogP contribution in [0.1, 0.15) is 27.6 Å². The molecule has 0 spiro atoms. The summed E-state index contributed by atoms with van der Waals surface area (Å²) in [4.78, 5) is 34.5. The Labute approximate surface area is 160 Å². The average Bonchev–Trinajstić information content (AvgIpc) is 2.32. The Balaban J connectivity index is 3.71. The van der Waals surface area contributed by atoms with Crippen LogP contribution < -0.4 is 5.32 Å². The number of carbonyl (C=O) groups is 3. The molecule has 9 heteroatoms. The van der Waals surface area contributed by atoms with E-state index >= 15 is 0 Å². The summed E-state index contributed by atoms with van der Waals surface area (Å²) in [5, 5.41) is 21.1. The molecule has 0 saturated heterocycles. The van der Waals surface area contributed by atoms with Gasteiger partial charge in [0.2, 0.25) is 0 Å². The van der Waals surface area contributed by atoms with Crippen LogP contribution >= 0.6 is 67.8 Å². The van der Waals surface area contributed by atoms with Crippen LogP contribution in [0.25, 0.3) is 0 Å². The molecular weight excluding hydrogens is 619 g/mol. The second-order valence-corrected chi connectivity index (χ2v) is 7.15. The third-order valence-corrected chi connectivity index (χ3v) is 5.61. The maximum absolute atomic E-state index is 11.7. The number of hydrogen-bond acceptors (Lipinski definition) is 3. The number of benzene rings is 1. The van der Waals surface area contributed by atoms with Crippen LogP contribution in [-0.4, -0.2) is 28.1 Å². The van der Waals surface area contributed by atoms with Crippen molar-refractivity contribution in [1.29, 1.82) is 0 Å². The van der Waals surface area contributed by atoms with E-state index in [1.54, 1.807) is 67.8 Å². The molecule has 0 aliphatic carbocycles. The maximum Gasteiger partial charge on any atom is 0.337 e. The highest BCUT2D eigenvalue weighted by Gasteiger charge is 2.28. The summed E-state index contributed by atoms with van der Waals surface area (Å²) in [6, 6.07) is 0. The predicted octanol–water partition coefficient (Wildman–Crippen LogP) is 3.41. The first-order valence-corrected chi connectivity index (χ1v) is 8.47. The minimum atomic E-state index is -1.26. The van der Waals surface area contributed by atoms with E-state index in [4.69, 9.17) is 0 Å². The average molecular weight is 627 g/mol. The number of carboxylic acids is 2. The summed E-state index contributed by atoms with van der Waals surface area (Å²) >= 11 is 5.24. The van der Waals surface area contributed by atoms with Crippen LogP contribution in [0.4, 0.5) is 5.69 Å². The van der Waals surface area contributed by atoms with Crippen molar-refractivity contribution in [3.05, 3.63) is 34.0 Å². The summed E-state index contributed by atoms with van der Waals surface area (Å²) < 4.78 is 0.664. The Morgan fingerprint density at radius 1 is 0.952 bits per heavy atom. The lowest BCUT2D eigenvalue weighted by Crippen LogP contribution is -2.19. The van der Waals surface area contributed by atoms with Gasteiger partial charge in [-0.05, 0) is 74.7 Å². The van der Waals surface area contributed by atoms with Crippen molar-refractivity contribution < 1.29 is 24.6 Å². The summed E-state index contributed by atoms with van der Waals surface area (Å²) in [5.41, 5.74) is 0.102. The quantitative estimate of drug-likeness (QED) is 0.351. The van der Waals surface area contributed by atoms with Crippen LogP contribution in [-0.2, 0) is 4.79 Å². The summed E-state index contributed by atoms with van der Waals surface area (Å²) in [6.07, 6.45) is 0. The van der Waals surface area contributed by atoms with Gasteiger partial charge in [-0.25, -0.2) is 9.59 Å². The number of anilines is 1. The molecule has 1 aromatic rings. The Bertz CT molecular complexity index is 643. The summed E-state index contributed by atoms with van der Waals surface area (Å²) in [7, 11) is 0. The highest BCUT2D eigenvalue weighted by molar-refractivity contribution is 14.1. The van der Waals surface area contributed by atoms with E-state index in [-0.39, 0.29) is 33.1 Å². The molecule has 1 aromatic carbocycles. The Morgan fingerprint density at radius 3 is 1.62 bits per heavy atom. The van der Waals surface area contributed by atoms with E-state index in [1.165, 1.54) is 6.92 Å². The van der Waals surface area contributed by atoms with Gasteiger partial charge in [0.25, 0.3) is 5.91 Å². The van der Waals surface area contributed by atoms with Crippen LogP contribution in [0.3, 0.4) is 0 Å². The van der Waals surface area contributed by atoms with Gasteiger partial charge in [0.05, 0.1) is 24.0 Å². The molecule has 0 fully saturated rings. The fourth-order valence-corrected chi connectivity index (χ4v) is 5.73. The molecular formula is C12H8I3NO5. The molecule has 1 amide bonds. The van der Waals surface area contributed by atoms with Crippen LogP contribution in [0.5, 0.6) is 0 Å². The SMILES string of the molecule is C=C(C)C(=O)Nc1c(I)c(C(=O)O)c(I)c(C(=O)O)c1I. The minimum Gasteiger partial charge on any atom is -0.478 e. The zero-order chi connectivity index (χ0) is 16.5. The zero-order valence-electron chi connectivity index (χ0n) is 10.5. The topological polar surface area (TPSA) is 104 Å². The predicted molar refractivity (Wildman–Crippen MR) is 102 cm³/mol. The lowest BCUT2D eigenvalue weighted by molar-refractivity contribution is -0.112. The van der Waals surface area contributed by atoms with E-state index in [9.17, 15) is 24.6 Å². The van der Waals surface area contributed by atoms with Crippen molar-refractivity contribution in [2.45, 2.75) is 6.92 Å². The molecule has 0 aliphatic heterocycles. The standard InChI is InChI=1S/C12H8I3NO5/c1-3(2)10(17)16-9-7(14)4(11(18)19)6(13)5(8(9)15)12(20)21/h1H2,2H3,(H,16,17)(H,18,19)(H,20,21). The van der Waals surface area contributed by atoms with Crippen molar-refractivity contribution in [1.82, 2.24) is 0 Å². The van der Waals surface area contributed by atoms with Crippen molar-refractivity contribution in [3.63, 3.8) is 0 Å². The van der Waals surface area contributed by atoms with E-state index in [2.05, 4.69) is 11.9 Å². The highest BCUT2D eigenvalue weighted by Crippen LogP contribution is 2.35. The molecule has 3 N–H and O–H groups in total. The second-order valence-electron chi connectivity index (χ2n) is 3.91. The first-order chi connectivity index (χ1) is 9.59. The van der Waals surface area contributed by atoms with Crippen LogP contribution in [0.2, 0.25) is 0 Å². The molecule has 0 unspecified atom stereocenters. The number of amides is 1. The molecule has 112 valence electrons. The molecule has 0 radical (unpaired) electrons. The fourth-order valence-electron chi connectivity index (χ4n) is 1.37. The molecule has 21 heavy (non-hydrogen) atoms. The number of halogens is 3. The molecule has 0 aromatic heterocycles. The first kappa shape index (κ1) is 18.6. The van der Waals surface area contributed by atoms with Gasteiger partial charge in [0.15, 0.2) is 0 Å². The number of rotatable bonds is 4. The van der Waals surface area contributed by atoms with Crippen molar-refractivity contribution in [2.75, 3.05) is 5.32 Å². The molecule has 0 saturated carbocycles. The van der Waals surface area contributed by atoms with Gasteiger partial charge in [0.1, 0.15) is 0 Å². The largest absolute Gasteiger partial charge is 0.478 e. The molecule has 1 rings (SSSR count). The Hall–Kier alpha value is -0.440. The van der Waals surface area contributed by atoms with E-state index in [0.29, 0.717) is 0 Å². The number of nitrogens with one attached hydrogen (secondary N) is 1. The van der Waals surface area contributed by atoms with Gasteiger partial charge >= 0.3 is 11.9 Å². The van der Waals surface area contributed by atoms with Gasteiger partial charge < -0.3 is 15.5 Å². The van der Waals surface area contributed by atoms with Crippen LogP contribution in [0, 0.1) is 10.7 Å². The smallest absolute Gasteiger partial charge is 0.337 e. The second kappa shape index (κ2) is 7.21. The summed E-state index contributed by atoms with van der Waals surface area (Å²) in [6.45, 7) is 4.99. The minimum absolute atomic E-state index is 0.120. The number of carboxylic acid groups (broad SMARTS) is 2. The molecule has 0 bridgehead atoms. The van der Waals surface area contributed by atoms with Crippen molar-refractivity contribution in [2.24, 2.45) is 0 Å².